The van der Waals surface area contributed by atoms with Crippen molar-refractivity contribution in [2.24, 2.45) is 5.73 Å². The number of amides is 2. The van der Waals surface area contributed by atoms with Crippen molar-refractivity contribution in [3.05, 3.63) is 0 Å². The Balaban J connectivity index is 1.84. The molecule has 0 aromatic carbocycles. The lowest BCUT2D eigenvalue weighted by Crippen LogP contribution is -2.54. The van der Waals surface area contributed by atoms with Crippen molar-refractivity contribution in [1.29, 1.82) is 0 Å². The Bertz CT molecular complexity index is 341. The first-order valence-electron chi connectivity index (χ1n) is 6.57. The number of nitrogens with one attached hydrogen (secondary N) is 1. The molecule has 6 heteroatoms. The number of likely N-dealkylation sites (tertiary alicyclic amines) is 1. The summed E-state index contributed by atoms with van der Waals surface area (Å²) < 4.78 is 4.84. The quantitative estimate of drug-likeness (QED) is 0.755. The van der Waals surface area contributed by atoms with Gasteiger partial charge in [0.2, 0.25) is 5.91 Å². The van der Waals surface area contributed by atoms with Crippen LogP contribution in [0.2, 0.25) is 0 Å². The highest BCUT2D eigenvalue weighted by Gasteiger charge is 2.48. The minimum absolute atomic E-state index is 0.0240. The fourth-order valence-electron chi connectivity index (χ4n) is 2.28. The van der Waals surface area contributed by atoms with Crippen molar-refractivity contribution in [2.75, 3.05) is 19.7 Å². The summed E-state index contributed by atoms with van der Waals surface area (Å²) in [6.45, 7) is 3.39. The fourth-order valence-corrected chi connectivity index (χ4v) is 2.28. The normalized spacial score (nSPS) is 25.4. The van der Waals surface area contributed by atoms with Crippen molar-refractivity contribution in [3.63, 3.8) is 0 Å². The van der Waals surface area contributed by atoms with Crippen LogP contribution in [0.1, 0.15) is 32.6 Å². The first-order valence-corrected chi connectivity index (χ1v) is 6.57. The predicted molar refractivity (Wildman–Crippen MR) is 65.9 cm³/mol. The second kappa shape index (κ2) is 5.14. The molecule has 0 bridgehead atoms. The van der Waals surface area contributed by atoms with E-state index in [-0.39, 0.29) is 11.9 Å². The summed E-state index contributed by atoms with van der Waals surface area (Å²) in [6.07, 6.45) is 2.90. The summed E-state index contributed by atoms with van der Waals surface area (Å²) in [7, 11) is 0. The van der Waals surface area contributed by atoms with Crippen molar-refractivity contribution in [2.45, 2.75) is 44.2 Å². The maximum absolute atomic E-state index is 12.1. The van der Waals surface area contributed by atoms with Crippen LogP contribution in [0.5, 0.6) is 0 Å². The third-order valence-corrected chi connectivity index (χ3v) is 3.52. The molecule has 0 spiro atoms. The molecule has 0 radical (unpaired) electrons. The number of carbonyl (C=O) groups excluding carboxylic acids is 2. The van der Waals surface area contributed by atoms with Gasteiger partial charge in [-0.05, 0) is 32.6 Å². The molecule has 1 heterocycles. The van der Waals surface area contributed by atoms with Gasteiger partial charge in [-0.25, -0.2) is 4.79 Å². The second-order valence-electron chi connectivity index (χ2n) is 5.11. The molecule has 2 amide bonds. The second-order valence-corrected chi connectivity index (χ2v) is 5.11. The van der Waals surface area contributed by atoms with Crippen LogP contribution in [0, 0.1) is 0 Å². The number of piperidine rings is 1. The largest absolute Gasteiger partial charge is 0.450 e. The van der Waals surface area contributed by atoms with Gasteiger partial charge in [-0.2, -0.15) is 0 Å². The highest BCUT2D eigenvalue weighted by atomic mass is 16.5. The Hall–Kier alpha value is -1.30. The van der Waals surface area contributed by atoms with E-state index in [1.165, 1.54) is 0 Å². The minimum Gasteiger partial charge on any atom is -0.450 e. The van der Waals surface area contributed by atoms with E-state index >= 15 is 0 Å². The lowest BCUT2D eigenvalue weighted by Gasteiger charge is -2.34. The highest BCUT2D eigenvalue weighted by molar-refractivity contribution is 5.89. The van der Waals surface area contributed by atoms with Gasteiger partial charge in [0.05, 0.1) is 12.1 Å². The van der Waals surface area contributed by atoms with Crippen LogP contribution in [0.25, 0.3) is 0 Å². The zero-order valence-corrected chi connectivity index (χ0v) is 10.8. The van der Waals surface area contributed by atoms with Crippen molar-refractivity contribution in [3.8, 4) is 0 Å². The van der Waals surface area contributed by atoms with Crippen LogP contribution >= 0.6 is 0 Å². The Labute approximate surface area is 107 Å². The van der Waals surface area contributed by atoms with Gasteiger partial charge in [0.15, 0.2) is 0 Å². The maximum atomic E-state index is 12.1. The lowest BCUT2D eigenvalue weighted by molar-refractivity contribution is -0.134. The zero-order valence-electron chi connectivity index (χ0n) is 10.8. The summed E-state index contributed by atoms with van der Waals surface area (Å²) in [4.78, 5) is 25.2. The number of ether oxygens (including phenoxy) is 1. The van der Waals surface area contributed by atoms with Gasteiger partial charge in [-0.15, -0.1) is 0 Å². The summed E-state index contributed by atoms with van der Waals surface area (Å²) >= 11 is 0. The number of alkyl carbamates (subject to hydrolysis) is 1. The third kappa shape index (κ3) is 2.93. The number of rotatable bonds is 3. The van der Waals surface area contributed by atoms with Gasteiger partial charge in [-0.1, -0.05) is 0 Å². The molecular formula is C12H21N3O3. The molecular weight excluding hydrogens is 234 g/mol. The molecule has 0 aromatic rings. The molecule has 1 saturated heterocycles. The molecule has 2 rings (SSSR count). The van der Waals surface area contributed by atoms with Crippen LogP contribution in [0.15, 0.2) is 0 Å². The van der Waals surface area contributed by atoms with Crippen molar-refractivity contribution >= 4 is 12.0 Å². The smallest absolute Gasteiger partial charge is 0.407 e. The Morgan fingerprint density at radius 2 is 2.22 bits per heavy atom. The van der Waals surface area contributed by atoms with E-state index < -0.39 is 11.6 Å². The van der Waals surface area contributed by atoms with E-state index in [4.69, 9.17) is 10.5 Å². The van der Waals surface area contributed by atoms with E-state index in [0.717, 1.165) is 32.2 Å². The number of hydrogen-bond acceptors (Lipinski definition) is 4. The average Bonchev–Trinajstić information content (AvgIpc) is 3.08. The topological polar surface area (TPSA) is 84.7 Å². The van der Waals surface area contributed by atoms with Gasteiger partial charge in [0.1, 0.15) is 0 Å². The first-order chi connectivity index (χ1) is 8.55. The molecule has 3 N–H and O–H groups in total. The van der Waals surface area contributed by atoms with Crippen molar-refractivity contribution in [1.82, 2.24) is 10.2 Å². The lowest BCUT2D eigenvalue weighted by atomic mass is 10.0. The Morgan fingerprint density at radius 3 is 2.83 bits per heavy atom. The summed E-state index contributed by atoms with van der Waals surface area (Å²) in [5, 5.41) is 2.78. The molecule has 1 aliphatic heterocycles. The number of carbonyl (C=O) groups is 2. The van der Waals surface area contributed by atoms with Crippen molar-refractivity contribution < 1.29 is 14.3 Å². The third-order valence-electron chi connectivity index (χ3n) is 3.52. The summed E-state index contributed by atoms with van der Waals surface area (Å²) in [5.74, 6) is 0.0258. The van der Waals surface area contributed by atoms with Gasteiger partial charge in [-0.3, -0.25) is 4.79 Å². The first kappa shape index (κ1) is 13.1. The van der Waals surface area contributed by atoms with Crippen LogP contribution in [-0.4, -0.2) is 48.2 Å². The van der Waals surface area contributed by atoms with E-state index in [9.17, 15) is 9.59 Å². The number of nitrogens with two attached hydrogens (primary N) is 1. The highest BCUT2D eigenvalue weighted by Crippen LogP contribution is 2.34. The molecule has 6 nitrogen and oxygen atoms in total. The van der Waals surface area contributed by atoms with Gasteiger partial charge in [0.25, 0.3) is 0 Å². The number of nitrogens with zero attached hydrogens (tertiary/aromatic N) is 1. The van der Waals surface area contributed by atoms with E-state index in [1.54, 1.807) is 11.8 Å². The van der Waals surface area contributed by atoms with E-state index in [1.807, 2.05) is 0 Å². The van der Waals surface area contributed by atoms with Crippen LogP contribution in [0.4, 0.5) is 4.79 Å². The number of hydrogen-bond donors (Lipinski definition) is 2. The molecule has 1 aliphatic carbocycles. The molecule has 0 aromatic heterocycles. The zero-order chi connectivity index (χ0) is 13.2. The predicted octanol–water partition coefficient (Wildman–Crippen LogP) is 0.215. The molecule has 2 aliphatic rings. The molecule has 2 fully saturated rings. The van der Waals surface area contributed by atoms with E-state index in [0.29, 0.717) is 13.2 Å². The molecule has 1 atom stereocenters. The molecule has 102 valence electrons. The molecule has 18 heavy (non-hydrogen) atoms. The summed E-state index contributed by atoms with van der Waals surface area (Å²) in [6, 6.07) is -0.0240. The monoisotopic (exact) mass is 255 g/mol. The van der Waals surface area contributed by atoms with Gasteiger partial charge < -0.3 is 20.7 Å². The standard InChI is InChI=1S/C12H21N3O3/c1-2-18-11(17)14-9-4-3-7-15(8-9)10(16)12(13)5-6-12/h9H,2-8,13H2,1H3,(H,14,17). The van der Waals surface area contributed by atoms with Crippen LogP contribution < -0.4 is 11.1 Å². The fraction of sp³-hybridized carbons (Fsp3) is 0.833. The SMILES string of the molecule is CCOC(=O)NC1CCCN(C(=O)C2(N)CC2)C1. The van der Waals surface area contributed by atoms with Crippen LogP contribution in [-0.2, 0) is 9.53 Å². The maximum Gasteiger partial charge on any atom is 0.407 e. The minimum atomic E-state index is -0.619. The Kier molecular flexibility index (Phi) is 3.75. The average molecular weight is 255 g/mol. The van der Waals surface area contributed by atoms with E-state index in [2.05, 4.69) is 5.32 Å². The summed E-state index contributed by atoms with van der Waals surface area (Å²) in [5.41, 5.74) is 5.29. The van der Waals surface area contributed by atoms with Crippen LogP contribution in [0.3, 0.4) is 0 Å². The van der Waals surface area contributed by atoms with Gasteiger partial charge in [0, 0.05) is 19.1 Å². The Morgan fingerprint density at radius 1 is 1.50 bits per heavy atom. The van der Waals surface area contributed by atoms with Gasteiger partial charge >= 0.3 is 6.09 Å². The molecule has 1 saturated carbocycles. The molecule has 1 unspecified atom stereocenters.